The number of nitrogens with zero attached hydrogens (tertiary/aromatic N) is 2. The smallest absolute Gasteiger partial charge is 0.236 e. The molecule has 2 heterocycles. The van der Waals surface area contributed by atoms with Crippen molar-refractivity contribution in [3.63, 3.8) is 0 Å². The lowest BCUT2D eigenvalue weighted by atomic mass is 9.80. The quantitative estimate of drug-likeness (QED) is 0.293. The van der Waals surface area contributed by atoms with Crippen molar-refractivity contribution in [2.75, 3.05) is 0 Å². The highest BCUT2D eigenvalue weighted by Crippen LogP contribution is 2.42. The topological polar surface area (TPSA) is 8.81 Å². The van der Waals surface area contributed by atoms with E-state index in [0.29, 0.717) is 5.92 Å². The first kappa shape index (κ1) is 22.7. The van der Waals surface area contributed by atoms with Crippen molar-refractivity contribution in [1.82, 2.24) is 4.57 Å². The minimum atomic E-state index is 0.259. The molecule has 174 valence electrons. The van der Waals surface area contributed by atoms with E-state index in [1.54, 1.807) is 0 Å². The Hall–Kier alpha value is -3.13. The zero-order valence-corrected chi connectivity index (χ0v) is 21.7. The molecule has 0 amide bonds. The first-order valence-corrected chi connectivity index (χ1v) is 12.5. The van der Waals surface area contributed by atoms with Gasteiger partial charge in [0.2, 0.25) is 0 Å². The van der Waals surface area contributed by atoms with Crippen LogP contribution in [0.2, 0.25) is 0 Å². The van der Waals surface area contributed by atoms with Gasteiger partial charge in [-0.1, -0.05) is 75.4 Å². The van der Waals surface area contributed by atoms with Crippen molar-refractivity contribution < 1.29 is 4.57 Å². The average molecular weight is 450 g/mol. The number of imidazole rings is 1. The summed E-state index contributed by atoms with van der Waals surface area (Å²) in [6.45, 7) is 13.7. The van der Waals surface area contributed by atoms with Crippen molar-refractivity contribution in [3.05, 3.63) is 106 Å². The lowest BCUT2D eigenvalue weighted by Crippen LogP contribution is -2.35. The highest BCUT2D eigenvalue weighted by Gasteiger charge is 2.37. The summed E-state index contributed by atoms with van der Waals surface area (Å²) in [6.07, 6.45) is 4.41. The number of hydrogen-bond acceptors (Lipinski definition) is 0. The van der Waals surface area contributed by atoms with Crippen molar-refractivity contribution in [2.45, 2.75) is 60.3 Å². The predicted octanol–water partition coefficient (Wildman–Crippen LogP) is 7.17. The van der Waals surface area contributed by atoms with Crippen LogP contribution in [0.5, 0.6) is 0 Å². The molecule has 1 aliphatic heterocycles. The van der Waals surface area contributed by atoms with E-state index in [0.717, 1.165) is 12.8 Å². The molecule has 0 saturated heterocycles. The number of aryl methyl sites for hydroxylation is 4. The van der Waals surface area contributed by atoms with Gasteiger partial charge in [-0.25, -0.2) is 4.57 Å². The fourth-order valence-electron chi connectivity index (χ4n) is 5.87. The van der Waals surface area contributed by atoms with Gasteiger partial charge in [0.05, 0.1) is 13.5 Å². The summed E-state index contributed by atoms with van der Waals surface area (Å²) in [5.74, 6) is 1.72. The van der Waals surface area contributed by atoms with Gasteiger partial charge < -0.3 is 0 Å². The van der Waals surface area contributed by atoms with Crippen LogP contribution in [-0.2, 0) is 19.9 Å². The second kappa shape index (κ2) is 8.27. The molecule has 2 nitrogen and oxygen atoms in total. The summed E-state index contributed by atoms with van der Waals surface area (Å²) in [7, 11) is 2.21. The number of aromatic nitrogens is 2. The van der Waals surface area contributed by atoms with E-state index in [9.17, 15) is 0 Å². The molecule has 0 spiro atoms. The highest BCUT2D eigenvalue weighted by molar-refractivity contribution is 5.70. The van der Waals surface area contributed by atoms with Gasteiger partial charge in [0.15, 0.2) is 5.69 Å². The van der Waals surface area contributed by atoms with Gasteiger partial charge >= 0.3 is 0 Å². The van der Waals surface area contributed by atoms with E-state index in [1.807, 2.05) is 0 Å². The van der Waals surface area contributed by atoms with Gasteiger partial charge in [0.1, 0.15) is 11.9 Å². The van der Waals surface area contributed by atoms with Gasteiger partial charge in [0.25, 0.3) is 5.82 Å². The Morgan fingerprint density at radius 3 is 2.21 bits per heavy atom. The second-order valence-corrected chi connectivity index (χ2v) is 11.4. The maximum atomic E-state index is 2.53. The Morgan fingerprint density at radius 2 is 1.53 bits per heavy atom. The maximum absolute atomic E-state index is 2.53. The van der Waals surface area contributed by atoms with E-state index in [2.05, 4.69) is 125 Å². The molecule has 4 aromatic rings. The lowest BCUT2D eigenvalue weighted by Gasteiger charge is -2.27. The van der Waals surface area contributed by atoms with Crippen LogP contribution in [0.15, 0.2) is 66.9 Å². The van der Waals surface area contributed by atoms with Crippen molar-refractivity contribution >= 4 is 0 Å². The normalized spacial score (nSPS) is 15.2. The van der Waals surface area contributed by atoms with Crippen LogP contribution in [0.3, 0.4) is 0 Å². The number of fused-ring (bicyclic) bond motifs is 3. The van der Waals surface area contributed by atoms with Gasteiger partial charge in [-0.15, -0.1) is 0 Å². The van der Waals surface area contributed by atoms with Crippen LogP contribution >= 0.6 is 0 Å². The summed E-state index contributed by atoms with van der Waals surface area (Å²) in [5, 5.41) is 0. The molecule has 0 fully saturated rings. The maximum Gasteiger partial charge on any atom is 0.262 e. The van der Waals surface area contributed by atoms with Gasteiger partial charge in [-0.2, -0.15) is 4.57 Å². The second-order valence-electron chi connectivity index (χ2n) is 11.4. The fraction of sp³-hybridized carbons (Fsp3) is 0.344. The van der Waals surface area contributed by atoms with E-state index in [1.165, 1.54) is 56.1 Å². The number of rotatable bonds is 3. The van der Waals surface area contributed by atoms with Crippen molar-refractivity contribution in [3.8, 4) is 16.9 Å². The van der Waals surface area contributed by atoms with Gasteiger partial charge in [-0.05, 0) is 66.5 Å². The molecular formula is C32H37N2+. The third kappa shape index (κ3) is 3.90. The Morgan fingerprint density at radius 1 is 0.853 bits per heavy atom. The standard InChI is InChI=1S/C32H37N2/c1-21-11-8-9-14-25(21)26-18-30-33(7)20-29(31-22(2)12-10-13-23(31)3)34(30)28-16-15-24(17-27(26)28)19-32(4,5)6/h8-17,20,26H,18-19H2,1-7H3/q+1. The Balaban J connectivity index is 1.77. The predicted molar refractivity (Wildman–Crippen MR) is 142 cm³/mol. The molecule has 2 heteroatoms. The fourth-order valence-corrected chi connectivity index (χ4v) is 5.87. The monoisotopic (exact) mass is 449 g/mol. The summed E-state index contributed by atoms with van der Waals surface area (Å²) in [5.41, 5.74) is 12.6. The van der Waals surface area contributed by atoms with E-state index < -0.39 is 0 Å². The Kier molecular flexibility index (Phi) is 5.51. The molecule has 0 bridgehead atoms. The summed E-state index contributed by atoms with van der Waals surface area (Å²) < 4.78 is 4.87. The molecule has 0 saturated carbocycles. The summed E-state index contributed by atoms with van der Waals surface area (Å²) in [6, 6.07) is 22.8. The minimum absolute atomic E-state index is 0.259. The van der Waals surface area contributed by atoms with E-state index in [4.69, 9.17) is 0 Å². The molecular weight excluding hydrogens is 412 g/mol. The van der Waals surface area contributed by atoms with Crippen LogP contribution in [0.4, 0.5) is 0 Å². The van der Waals surface area contributed by atoms with Gasteiger partial charge in [0, 0.05) is 17.0 Å². The molecule has 1 aliphatic rings. The van der Waals surface area contributed by atoms with Crippen LogP contribution < -0.4 is 4.57 Å². The summed E-state index contributed by atoms with van der Waals surface area (Å²) >= 11 is 0. The molecule has 3 aromatic carbocycles. The zero-order valence-electron chi connectivity index (χ0n) is 21.7. The van der Waals surface area contributed by atoms with E-state index in [-0.39, 0.29) is 5.41 Å². The minimum Gasteiger partial charge on any atom is -0.236 e. The first-order valence-electron chi connectivity index (χ1n) is 12.5. The molecule has 5 rings (SSSR count). The largest absolute Gasteiger partial charge is 0.262 e. The highest BCUT2D eigenvalue weighted by atomic mass is 15.2. The molecule has 34 heavy (non-hydrogen) atoms. The van der Waals surface area contributed by atoms with Crippen molar-refractivity contribution in [2.24, 2.45) is 12.5 Å². The van der Waals surface area contributed by atoms with Crippen molar-refractivity contribution in [1.29, 1.82) is 0 Å². The zero-order chi connectivity index (χ0) is 24.2. The summed E-state index contributed by atoms with van der Waals surface area (Å²) in [4.78, 5) is 0. The lowest BCUT2D eigenvalue weighted by molar-refractivity contribution is -0.678. The average Bonchev–Trinajstić information content (AvgIpc) is 3.08. The number of benzene rings is 3. The van der Waals surface area contributed by atoms with Crippen LogP contribution in [0.25, 0.3) is 16.9 Å². The molecule has 1 aromatic heterocycles. The first-order chi connectivity index (χ1) is 16.1. The third-order valence-electron chi connectivity index (χ3n) is 7.35. The molecule has 0 radical (unpaired) electrons. The molecule has 0 N–H and O–H groups in total. The Bertz CT molecular complexity index is 1360. The SMILES string of the molecule is Cc1ccccc1C1Cc2n(c(-c3c(C)cccc3C)c[n+]2C)-c2ccc(CC(C)(C)C)cc21. The number of hydrogen-bond donors (Lipinski definition) is 0. The van der Waals surface area contributed by atoms with Crippen LogP contribution in [0, 0.1) is 26.2 Å². The van der Waals surface area contributed by atoms with E-state index >= 15 is 0 Å². The van der Waals surface area contributed by atoms with Gasteiger partial charge in [-0.3, -0.25) is 0 Å². The van der Waals surface area contributed by atoms with Crippen LogP contribution in [-0.4, -0.2) is 4.57 Å². The third-order valence-corrected chi connectivity index (χ3v) is 7.35. The van der Waals surface area contributed by atoms with Crippen LogP contribution in [0.1, 0.15) is 65.9 Å². The Labute approximate surface area is 204 Å². The molecule has 1 unspecified atom stereocenters. The molecule has 1 atom stereocenters. The molecule has 0 aliphatic carbocycles.